The van der Waals surface area contributed by atoms with Gasteiger partial charge in [0.2, 0.25) is 0 Å². The molecule has 0 saturated heterocycles. The monoisotopic (exact) mass is 456 g/mol. The Bertz CT molecular complexity index is 1170. The van der Waals surface area contributed by atoms with E-state index >= 15 is 0 Å². The lowest BCUT2D eigenvalue weighted by Crippen LogP contribution is -1.96. The van der Waals surface area contributed by atoms with Crippen molar-refractivity contribution >= 4 is 50.3 Å². The van der Waals surface area contributed by atoms with E-state index < -0.39 is 21.2 Å². The fourth-order valence-corrected chi connectivity index (χ4v) is 3.61. The van der Waals surface area contributed by atoms with Gasteiger partial charge in [-0.1, -0.05) is 28.1 Å². The predicted molar refractivity (Wildman–Crippen MR) is 108 cm³/mol. The third kappa shape index (κ3) is 4.11. The predicted octanol–water partition coefficient (Wildman–Crippen LogP) is 5.45. The van der Waals surface area contributed by atoms with E-state index in [9.17, 15) is 25.5 Å². The zero-order valence-electron chi connectivity index (χ0n) is 13.9. The van der Waals surface area contributed by atoms with Crippen molar-refractivity contribution in [1.82, 2.24) is 4.98 Å². The van der Waals surface area contributed by atoms with Gasteiger partial charge in [0.1, 0.15) is 11.1 Å². The van der Waals surface area contributed by atoms with Crippen LogP contribution in [-0.4, -0.2) is 14.8 Å². The molecule has 0 N–H and O–H groups in total. The highest BCUT2D eigenvalue weighted by Gasteiger charge is 2.24. The standard InChI is InChI=1S/C18H9BrN4O4S/c19-14-3-1-2-12(8-14)15-10-28-18(21-15)13(9-20)6-11-4-5-16(22(24)25)17(7-11)23(26)27/h1-8,10H. The molecule has 28 heavy (non-hydrogen) atoms. The Morgan fingerprint density at radius 1 is 1.14 bits per heavy atom. The number of halogens is 1. The molecular formula is C18H9BrN4O4S. The topological polar surface area (TPSA) is 123 Å². The molecule has 0 fully saturated rings. The van der Waals surface area contributed by atoms with Gasteiger partial charge in [-0.3, -0.25) is 20.2 Å². The molecule has 0 radical (unpaired) electrons. The maximum absolute atomic E-state index is 11.1. The number of nitrogens with zero attached hydrogens (tertiary/aromatic N) is 4. The van der Waals surface area contributed by atoms with Crippen molar-refractivity contribution in [3.05, 3.63) is 83.1 Å². The molecule has 3 aromatic rings. The van der Waals surface area contributed by atoms with Crippen LogP contribution >= 0.6 is 27.3 Å². The van der Waals surface area contributed by atoms with Gasteiger partial charge in [0.25, 0.3) is 0 Å². The minimum absolute atomic E-state index is 0.203. The first-order valence-corrected chi connectivity index (χ1v) is 9.33. The minimum Gasteiger partial charge on any atom is -0.258 e. The van der Waals surface area contributed by atoms with Crippen molar-refractivity contribution in [2.45, 2.75) is 0 Å². The van der Waals surface area contributed by atoms with Crippen LogP contribution < -0.4 is 0 Å². The van der Waals surface area contributed by atoms with Crippen LogP contribution in [0.1, 0.15) is 10.6 Å². The highest BCUT2D eigenvalue weighted by atomic mass is 79.9. The van der Waals surface area contributed by atoms with Crippen LogP contribution in [0.15, 0.2) is 52.3 Å². The second kappa shape index (κ2) is 8.08. The number of nitro benzene ring substituents is 2. The molecule has 0 atom stereocenters. The summed E-state index contributed by atoms with van der Waals surface area (Å²) in [5.41, 5.74) is 0.830. The van der Waals surface area contributed by atoms with Gasteiger partial charge in [0.15, 0.2) is 0 Å². The number of hydrogen-bond acceptors (Lipinski definition) is 7. The van der Waals surface area contributed by atoms with E-state index in [1.807, 2.05) is 30.3 Å². The van der Waals surface area contributed by atoms with E-state index in [4.69, 9.17) is 0 Å². The van der Waals surface area contributed by atoms with Gasteiger partial charge < -0.3 is 0 Å². The lowest BCUT2D eigenvalue weighted by atomic mass is 10.1. The second-order valence-electron chi connectivity index (χ2n) is 5.48. The molecule has 1 aromatic heterocycles. The van der Waals surface area contributed by atoms with Crippen LogP contribution in [0.5, 0.6) is 0 Å². The first-order valence-electron chi connectivity index (χ1n) is 7.65. The molecule has 0 aliphatic rings. The van der Waals surface area contributed by atoms with Gasteiger partial charge in [-0.25, -0.2) is 4.98 Å². The molecule has 0 saturated carbocycles. The van der Waals surface area contributed by atoms with Crippen LogP contribution in [0.2, 0.25) is 0 Å². The Morgan fingerprint density at radius 2 is 1.89 bits per heavy atom. The van der Waals surface area contributed by atoms with Crippen LogP contribution in [0, 0.1) is 31.6 Å². The highest BCUT2D eigenvalue weighted by molar-refractivity contribution is 9.10. The van der Waals surface area contributed by atoms with Gasteiger partial charge in [0, 0.05) is 27.5 Å². The molecule has 3 rings (SSSR count). The molecule has 10 heteroatoms. The number of nitro groups is 2. The van der Waals surface area contributed by atoms with Crippen molar-refractivity contribution in [3.63, 3.8) is 0 Å². The Morgan fingerprint density at radius 3 is 2.54 bits per heavy atom. The van der Waals surface area contributed by atoms with Gasteiger partial charge in [-0.2, -0.15) is 5.26 Å². The fraction of sp³-hybridized carbons (Fsp3) is 0. The fourth-order valence-electron chi connectivity index (χ4n) is 2.42. The molecular weight excluding hydrogens is 448 g/mol. The second-order valence-corrected chi connectivity index (χ2v) is 7.25. The largest absolute Gasteiger partial charge is 0.346 e. The number of thiazole rings is 1. The third-order valence-electron chi connectivity index (χ3n) is 3.68. The number of nitriles is 1. The quantitative estimate of drug-likeness (QED) is 0.285. The summed E-state index contributed by atoms with van der Waals surface area (Å²) in [6.07, 6.45) is 1.42. The maximum atomic E-state index is 11.1. The number of benzene rings is 2. The smallest absolute Gasteiger partial charge is 0.258 e. The summed E-state index contributed by atoms with van der Waals surface area (Å²) in [4.78, 5) is 24.8. The Hall–Kier alpha value is -3.42. The van der Waals surface area contributed by atoms with Crippen molar-refractivity contribution in [3.8, 4) is 17.3 Å². The summed E-state index contributed by atoms with van der Waals surface area (Å²) in [7, 11) is 0. The Kier molecular flexibility index (Phi) is 5.58. The van der Waals surface area contributed by atoms with Crippen LogP contribution in [0.3, 0.4) is 0 Å². The van der Waals surface area contributed by atoms with E-state index in [0.29, 0.717) is 16.3 Å². The van der Waals surface area contributed by atoms with Crippen molar-refractivity contribution in [2.75, 3.05) is 0 Å². The molecule has 0 unspecified atom stereocenters. The zero-order valence-corrected chi connectivity index (χ0v) is 16.3. The number of hydrogen-bond donors (Lipinski definition) is 0. The van der Waals surface area contributed by atoms with Crippen molar-refractivity contribution < 1.29 is 9.85 Å². The molecule has 0 amide bonds. The Balaban J connectivity index is 2.00. The number of rotatable bonds is 5. The molecule has 0 bridgehead atoms. The van der Waals surface area contributed by atoms with Crippen LogP contribution in [0.25, 0.3) is 22.9 Å². The maximum Gasteiger partial charge on any atom is 0.346 e. The molecule has 0 aliphatic heterocycles. The normalized spacial score (nSPS) is 11.1. The minimum atomic E-state index is -0.823. The van der Waals surface area contributed by atoms with E-state index in [-0.39, 0.29) is 5.57 Å². The average Bonchev–Trinajstić information content (AvgIpc) is 3.15. The van der Waals surface area contributed by atoms with Crippen LogP contribution in [0.4, 0.5) is 11.4 Å². The highest BCUT2D eigenvalue weighted by Crippen LogP contribution is 2.31. The van der Waals surface area contributed by atoms with Crippen LogP contribution in [-0.2, 0) is 0 Å². The van der Waals surface area contributed by atoms with E-state index in [1.54, 1.807) is 5.38 Å². The summed E-state index contributed by atoms with van der Waals surface area (Å²) in [5, 5.41) is 33.7. The van der Waals surface area contributed by atoms with E-state index in [2.05, 4.69) is 20.9 Å². The zero-order chi connectivity index (χ0) is 20.3. The summed E-state index contributed by atoms with van der Waals surface area (Å²) < 4.78 is 0.897. The summed E-state index contributed by atoms with van der Waals surface area (Å²) in [6.45, 7) is 0. The molecule has 0 spiro atoms. The first kappa shape index (κ1) is 19.3. The number of allylic oxidation sites excluding steroid dienone is 1. The average molecular weight is 457 g/mol. The molecule has 1 heterocycles. The summed E-state index contributed by atoms with van der Waals surface area (Å²) in [6, 6.07) is 13.0. The van der Waals surface area contributed by atoms with Gasteiger partial charge in [0.05, 0.1) is 21.1 Å². The molecule has 2 aromatic carbocycles. The van der Waals surface area contributed by atoms with E-state index in [0.717, 1.165) is 22.2 Å². The molecule has 8 nitrogen and oxygen atoms in total. The SMILES string of the molecule is N#CC(=Cc1ccc([N+](=O)[O-])c([N+](=O)[O-])c1)c1nc(-c2cccc(Br)c2)cs1. The molecule has 0 aliphatic carbocycles. The Labute approximate surface area is 170 Å². The van der Waals surface area contributed by atoms with Crippen molar-refractivity contribution in [2.24, 2.45) is 0 Å². The lowest BCUT2D eigenvalue weighted by Gasteiger charge is -1.99. The summed E-state index contributed by atoms with van der Waals surface area (Å²) in [5.74, 6) is 0. The third-order valence-corrected chi connectivity index (χ3v) is 5.05. The van der Waals surface area contributed by atoms with E-state index in [1.165, 1.54) is 23.5 Å². The molecule has 138 valence electrons. The summed E-state index contributed by atoms with van der Waals surface area (Å²) >= 11 is 4.66. The van der Waals surface area contributed by atoms with Gasteiger partial charge in [-0.15, -0.1) is 11.3 Å². The first-order chi connectivity index (χ1) is 13.4. The van der Waals surface area contributed by atoms with Crippen molar-refractivity contribution in [1.29, 1.82) is 5.26 Å². The van der Waals surface area contributed by atoms with Gasteiger partial charge >= 0.3 is 11.4 Å². The lowest BCUT2D eigenvalue weighted by molar-refractivity contribution is -0.422. The van der Waals surface area contributed by atoms with Gasteiger partial charge in [-0.05, 0) is 29.8 Å². The number of aromatic nitrogens is 1.